The number of hydrogen-bond acceptors (Lipinski definition) is 4. The Bertz CT molecular complexity index is 989. The SMILES string of the molecule is Cc1ccc([C@]23CCC(=O)N2[C@@H](C(=O)N2CCN(c4ccc(F)cc4)CC2)CS3)cc1. The number of hydrogen-bond donors (Lipinski definition) is 0. The fourth-order valence-electron chi connectivity index (χ4n) is 4.99. The second kappa shape index (κ2) is 7.86. The van der Waals surface area contributed by atoms with Gasteiger partial charge in [0.25, 0.3) is 0 Å². The van der Waals surface area contributed by atoms with Crippen LogP contribution in [0, 0.1) is 12.7 Å². The molecule has 31 heavy (non-hydrogen) atoms. The van der Waals surface area contributed by atoms with E-state index in [1.807, 2.05) is 9.80 Å². The van der Waals surface area contributed by atoms with Gasteiger partial charge in [0.05, 0.1) is 0 Å². The molecule has 0 spiro atoms. The number of carbonyl (C=O) groups excluding carboxylic acids is 2. The lowest BCUT2D eigenvalue weighted by molar-refractivity contribution is -0.144. The first-order chi connectivity index (χ1) is 15.0. The minimum absolute atomic E-state index is 0.0514. The van der Waals surface area contributed by atoms with E-state index >= 15 is 0 Å². The van der Waals surface area contributed by atoms with Gasteiger partial charge in [-0.1, -0.05) is 29.8 Å². The van der Waals surface area contributed by atoms with Crippen LogP contribution in [-0.4, -0.2) is 59.6 Å². The van der Waals surface area contributed by atoms with Crippen molar-refractivity contribution in [1.82, 2.24) is 9.80 Å². The third-order valence-electron chi connectivity index (χ3n) is 6.70. The second-order valence-electron chi connectivity index (χ2n) is 8.53. The summed E-state index contributed by atoms with van der Waals surface area (Å²) in [6, 6.07) is 14.4. The van der Waals surface area contributed by atoms with Crippen LogP contribution in [0.1, 0.15) is 24.0 Å². The summed E-state index contributed by atoms with van der Waals surface area (Å²) in [7, 11) is 0. The lowest BCUT2D eigenvalue weighted by Crippen LogP contribution is -2.56. The van der Waals surface area contributed by atoms with Crippen LogP contribution in [0.2, 0.25) is 0 Å². The molecule has 0 N–H and O–H groups in total. The number of nitrogens with zero attached hydrogens (tertiary/aromatic N) is 3. The molecule has 0 bridgehead atoms. The second-order valence-corrected chi connectivity index (χ2v) is 9.83. The fourth-order valence-corrected chi connectivity index (χ4v) is 6.63. The van der Waals surface area contributed by atoms with Crippen molar-refractivity contribution in [2.75, 3.05) is 36.8 Å². The summed E-state index contributed by atoms with van der Waals surface area (Å²) in [5, 5.41) is 0. The molecule has 3 fully saturated rings. The number of halogens is 1. The summed E-state index contributed by atoms with van der Waals surface area (Å²) >= 11 is 1.73. The molecule has 3 aliphatic heterocycles. The number of rotatable bonds is 3. The van der Waals surface area contributed by atoms with Crippen LogP contribution in [0.4, 0.5) is 10.1 Å². The Morgan fingerprint density at radius 1 is 1.03 bits per heavy atom. The molecule has 2 aromatic carbocycles. The van der Waals surface area contributed by atoms with Crippen molar-refractivity contribution >= 4 is 29.3 Å². The van der Waals surface area contributed by atoms with Gasteiger partial charge in [-0.2, -0.15) is 0 Å². The van der Waals surface area contributed by atoms with E-state index in [0.29, 0.717) is 38.4 Å². The van der Waals surface area contributed by atoms with Gasteiger partial charge in [0.1, 0.15) is 16.7 Å². The monoisotopic (exact) mass is 439 g/mol. The molecule has 7 heteroatoms. The van der Waals surface area contributed by atoms with Crippen LogP contribution in [0.25, 0.3) is 0 Å². The Hall–Kier alpha value is -2.54. The predicted octanol–water partition coefficient (Wildman–Crippen LogP) is 3.37. The van der Waals surface area contributed by atoms with Gasteiger partial charge in [-0.15, -0.1) is 11.8 Å². The fraction of sp³-hybridized carbons (Fsp3) is 0.417. The number of anilines is 1. The van der Waals surface area contributed by atoms with Gasteiger partial charge in [0, 0.05) is 44.0 Å². The van der Waals surface area contributed by atoms with Crippen molar-refractivity contribution in [2.45, 2.75) is 30.7 Å². The average Bonchev–Trinajstić information content (AvgIpc) is 3.33. The summed E-state index contributed by atoms with van der Waals surface area (Å²) in [5.41, 5.74) is 3.27. The zero-order valence-electron chi connectivity index (χ0n) is 17.6. The first-order valence-corrected chi connectivity index (χ1v) is 11.8. The maximum atomic E-state index is 13.5. The topological polar surface area (TPSA) is 43.9 Å². The molecule has 0 saturated carbocycles. The highest BCUT2D eigenvalue weighted by atomic mass is 32.2. The smallest absolute Gasteiger partial charge is 0.246 e. The van der Waals surface area contributed by atoms with E-state index in [-0.39, 0.29) is 17.6 Å². The Kier molecular flexibility index (Phi) is 5.16. The van der Waals surface area contributed by atoms with Crippen molar-refractivity contribution in [3.05, 3.63) is 65.5 Å². The Morgan fingerprint density at radius 3 is 2.39 bits per heavy atom. The molecule has 5 nitrogen and oxygen atoms in total. The Labute approximate surface area is 186 Å². The highest BCUT2D eigenvalue weighted by Crippen LogP contribution is 2.54. The van der Waals surface area contributed by atoms with Crippen LogP contribution < -0.4 is 4.90 Å². The molecule has 5 rings (SSSR count). The molecule has 0 aliphatic carbocycles. The lowest BCUT2D eigenvalue weighted by atomic mass is 10.0. The number of thioether (sulfide) groups is 1. The number of amides is 2. The maximum absolute atomic E-state index is 13.5. The molecule has 0 radical (unpaired) electrons. The quantitative estimate of drug-likeness (QED) is 0.736. The van der Waals surface area contributed by atoms with E-state index < -0.39 is 10.9 Å². The third kappa shape index (κ3) is 3.49. The van der Waals surface area contributed by atoms with Crippen LogP contribution in [0.3, 0.4) is 0 Å². The van der Waals surface area contributed by atoms with Crippen molar-refractivity contribution in [3.8, 4) is 0 Å². The van der Waals surface area contributed by atoms with E-state index in [9.17, 15) is 14.0 Å². The Morgan fingerprint density at radius 2 is 1.71 bits per heavy atom. The van der Waals surface area contributed by atoms with Crippen molar-refractivity contribution in [2.24, 2.45) is 0 Å². The third-order valence-corrected chi connectivity index (χ3v) is 8.29. The van der Waals surface area contributed by atoms with E-state index in [4.69, 9.17) is 0 Å². The summed E-state index contributed by atoms with van der Waals surface area (Å²) in [6.07, 6.45) is 1.24. The van der Waals surface area contributed by atoms with E-state index in [1.54, 1.807) is 23.9 Å². The first-order valence-electron chi connectivity index (χ1n) is 10.8. The highest BCUT2D eigenvalue weighted by molar-refractivity contribution is 8.00. The maximum Gasteiger partial charge on any atom is 0.246 e. The van der Waals surface area contributed by atoms with Crippen molar-refractivity contribution in [3.63, 3.8) is 0 Å². The van der Waals surface area contributed by atoms with Gasteiger partial charge >= 0.3 is 0 Å². The van der Waals surface area contributed by atoms with Crippen LogP contribution in [0.15, 0.2) is 48.5 Å². The Balaban J connectivity index is 1.30. The van der Waals surface area contributed by atoms with Gasteiger partial charge in [-0.05, 0) is 43.2 Å². The van der Waals surface area contributed by atoms with Gasteiger partial charge in [0.2, 0.25) is 11.8 Å². The molecule has 3 saturated heterocycles. The average molecular weight is 440 g/mol. The van der Waals surface area contributed by atoms with E-state index in [2.05, 4.69) is 36.1 Å². The lowest BCUT2D eigenvalue weighted by Gasteiger charge is -2.39. The number of aryl methyl sites for hydroxylation is 1. The largest absolute Gasteiger partial charge is 0.368 e. The molecular weight excluding hydrogens is 413 g/mol. The van der Waals surface area contributed by atoms with Crippen molar-refractivity contribution < 1.29 is 14.0 Å². The zero-order chi connectivity index (χ0) is 21.6. The predicted molar refractivity (Wildman–Crippen MR) is 120 cm³/mol. The van der Waals surface area contributed by atoms with E-state index in [1.165, 1.54) is 17.7 Å². The van der Waals surface area contributed by atoms with Gasteiger partial charge in [-0.3, -0.25) is 9.59 Å². The summed E-state index contributed by atoms with van der Waals surface area (Å²) in [6.45, 7) is 4.68. The number of benzene rings is 2. The molecule has 162 valence electrons. The van der Waals surface area contributed by atoms with Crippen molar-refractivity contribution in [1.29, 1.82) is 0 Å². The molecule has 3 aliphatic rings. The highest BCUT2D eigenvalue weighted by Gasteiger charge is 2.57. The molecule has 3 heterocycles. The number of piperazine rings is 1. The summed E-state index contributed by atoms with van der Waals surface area (Å²) in [5.74, 6) is 0.518. The molecule has 2 aromatic rings. The van der Waals surface area contributed by atoms with Gasteiger partial charge < -0.3 is 14.7 Å². The molecule has 2 atom stereocenters. The van der Waals surface area contributed by atoms with Crippen LogP contribution in [-0.2, 0) is 14.5 Å². The van der Waals surface area contributed by atoms with Gasteiger partial charge in [-0.25, -0.2) is 4.39 Å². The summed E-state index contributed by atoms with van der Waals surface area (Å²) < 4.78 is 13.2. The molecular formula is C24H26FN3O2S. The first kappa shape index (κ1) is 20.4. The molecule has 2 amide bonds. The summed E-state index contributed by atoms with van der Waals surface area (Å²) in [4.78, 5) is 31.8. The minimum atomic E-state index is -0.416. The number of fused-ring (bicyclic) bond motifs is 1. The number of carbonyl (C=O) groups is 2. The zero-order valence-corrected chi connectivity index (χ0v) is 18.4. The van der Waals surface area contributed by atoms with Gasteiger partial charge in [0.15, 0.2) is 0 Å². The normalized spacial score (nSPS) is 25.8. The standard InChI is InChI=1S/C24H26FN3O2S/c1-17-2-4-18(5-3-17)24-11-10-22(29)28(24)21(16-31-24)23(30)27-14-12-26(13-15-27)20-8-6-19(25)7-9-20/h2-9,21H,10-16H2,1H3/t21-,24-/m1/s1. The molecule has 0 unspecified atom stereocenters. The van der Waals surface area contributed by atoms with Crippen LogP contribution >= 0.6 is 11.8 Å². The van der Waals surface area contributed by atoms with E-state index in [0.717, 1.165) is 17.7 Å². The minimum Gasteiger partial charge on any atom is -0.368 e. The molecule has 0 aromatic heterocycles. The van der Waals surface area contributed by atoms with Crippen LogP contribution in [0.5, 0.6) is 0 Å².